The molecule has 9 heteroatoms. The lowest BCUT2D eigenvalue weighted by atomic mass is 9.89. The standard InChI is InChI=1S/C20H33N3O5S/c1-6-20(4,18(26)21-13-10-8-7-9-11-13)22(5)17(25)16-19(2,3)29(27,28)15-12-14(24)23(15)16/h13,15-16H,6-12H2,1-5H3,(H,21,26)/t15-,16+,20+/m0/s1. The van der Waals surface area contributed by atoms with E-state index >= 15 is 0 Å². The Morgan fingerprint density at radius 1 is 1.24 bits per heavy atom. The van der Waals surface area contributed by atoms with Gasteiger partial charge in [-0.25, -0.2) is 8.42 Å². The fraction of sp³-hybridized carbons (Fsp3) is 0.850. The van der Waals surface area contributed by atoms with E-state index in [4.69, 9.17) is 0 Å². The first-order chi connectivity index (χ1) is 13.4. The van der Waals surface area contributed by atoms with Crippen molar-refractivity contribution in [1.29, 1.82) is 0 Å². The smallest absolute Gasteiger partial charge is 0.247 e. The Balaban J connectivity index is 1.85. The first kappa shape index (κ1) is 22.1. The number of β-lactam (4-membered cyclic amide) rings is 1. The van der Waals surface area contributed by atoms with E-state index in [9.17, 15) is 22.8 Å². The van der Waals surface area contributed by atoms with Crippen LogP contribution in [0.2, 0.25) is 0 Å². The molecule has 1 aliphatic carbocycles. The van der Waals surface area contributed by atoms with Crippen LogP contribution in [0.1, 0.15) is 72.6 Å². The monoisotopic (exact) mass is 427 g/mol. The normalized spacial score (nSPS) is 30.1. The summed E-state index contributed by atoms with van der Waals surface area (Å²) in [5.41, 5.74) is -1.12. The number of sulfone groups is 1. The zero-order valence-corrected chi connectivity index (χ0v) is 18.8. The van der Waals surface area contributed by atoms with Gasteiger partial charge in [0, 0.05) is 13.1 Å². The van der Waals surface area contributed by atoms with Crippen LogP contribution in [0.4, 0.5) is 0 Å². The number of nitrogens with zero attached hydrogens (tertiary/aromatic N) is 2. The largest absolute Gasteiger partial charge is 0.351 e. The van der Waals surface area contributed by atoms with Gasteiger partial charge in [-0.3, -0.25) is 14.4 Å². The van der Waals surface area contributed by atoms with E-state index in [1.807, 2.05) is 6.92 Å². The highest BCUT2D eigenvalue weighted by molar-refractivity contribution is 7.93. The first-order valence-electron chi connectivity index (χ1n) is 10.5. The molecule has 29 heavy (non-hydrogen) atoms. The fourth-order valence-corrected chi connectivity index (χ4v) is 6.92. The van der Waals surface area contributed by atoms with Gasteiger partial charge in [0.05, 0.1) is 11.2 Å². The summed E-state index contributed by atoms with van der Waals surface area (Å²) in [5, 5.41) is 2.15. The van der Waals surface area contributed by atoms with E-state index in [1.165, 1.54) is 37.1 Å². The minimum absolute atomic E-state index is 0.0769. The third-order valence-corrected chi connectivity index (χ3v) is 10.2. The highest BCUT2D eigenvalue weighted by Gasteiger charge is 2.68. The lowest BCUT2D eigenvalue weighted by Crippen LogP contribution is -2.65. The Kier molecular flexibility index (Phi) is 5.51. The second-order valence-corrected chi connectivity index (χ2v) is 12.0. The van der Waals surface area contributed by atoms with Crippen molar-refractivity contribution in [2.75, 3.05) is 7.05 Å². The molecule has 164 valence electrons. The number of amides is 3. The van der Waals surface area contributed by atoms with Crippen LogP contribution in [0.5, 0.6) is 0 Å². The molecule has 8 nitrogen and oxygen atoms in total. The summed E-state index contributed by atoms with van der Waals surface area (Å²) in [5.74, 6) is -1.06. The number of likely N-dealkylation sites (N-methyl/N-ethyl adjacent to an activating group) is 1. The molecule has 2 saturated heterocycles. The molecule has 0 radical (unpaired) electrons. The Morgan fingerprint density at radius 3 is 2.34 bits per heavy atom. The average molecular weight is 428 g/mol. The zero-order chi connectivity index (χ0) is 21.8. The third kappa shape index (κ3) is 3.16. The number of hydrogen-bond donors (Lipinski definition) is 1. The summed E-state index contributed by atoms with van der Waals surface area (Å²) < 4.78 is 24.3. The molecule has 1 saturated carbocycles. The second-order valence-electron chi connectivity index (χ2n) is 9.34. The maximum Gasteiger partial charge on any atom is 0.247 e. The van der Waals surface area contributed by atoms with Gasteiger partial charge in [0.15, 0.2) is 9.84 Å². The highest BCUT2D eigenvalue weighted by atomic mass is 32.2. The van der Waals surface area contributed by atoms with E-state index in [1.54, 1.807) is 6.92 Å². The van der Waals surface area contributed by atoms with Gasteiger partial charge in [0.1, 0.15) is 17.0 Å². The minimum atomic E-state index is -3.66. The molecule has 3 atom stereocenters. The topological polar surface area (TPSA) is 104 Å². The van der Waals surface area contributed by atoms with Gasteiger partial charge in [0.25, 0.3) is 0 Å². The molecule has 2 aliphatic heterocycles. The number of rotatable bonds is 5. The number of carbonyl (C=O) groups is 3. The number of nitrogens with one attached hydrogen (secondary N) is 1. The van der Waals surface area contributed by atoms with Crippen molar-refractivity contribution in [2.24, 2.45) is 0 Å². The Hall–Kier alpha value is -1.64. The molecule has 3 fully saturated rings. The predicted molar refractivity (Wildman–Crippen MR) is 109 cm³/mol. The molecule has 3 rings (SSSR count). The molecule has 3 aliphatic rings. The Morgan fingerprint density at radius 2 is 1.83 bits per heavy atom. The van der Waals surface area contributed by atoms with Crippen molar-refractivity contribution in [3.05, 3.63) is 0 Å². The van der Waals surface area contributed by atoms with E-state index in [2.05, 4.69) is 5.32 Å². The van der Waals surface area contributed by atoms with Crippen LogP contribution in [0, 0.1) is 0 Å². The number of hydrogen-bond acceptors (Lipinski definition) is 5. The van der Waals surface area contributed by atoms with Crippen LogP contribution in [0.25, 0.3) is 0 Å². The molecule has 0 unspecified atom stereocenters. The van der Waals surface area contributed by atoms with Crippen molar-refractivity contribution in [2.45, 2.75) is 100 Å². The van der Waals surface area contributed by atoms with E-state index in [0.29, 0.717) is 6.42 Å². The van der Waals surface area contributed by atoms with Crippen LogP contribution in [0.15, 0.2) is 0 Å². The van der Waals surface area contributed by atoms with Crippen molar-refractivity contribution in [3.63, 3.8) is 0 Å². The quantitative estimate of drug-likeness (QED) is 0.664. The summed E-state index contributed by atoms with van der Waals surface area (Å²) in [6, 6.07) is -1.01. The van der Waals surface area contributed by atoms with Crippen LogP contribution in [-0.2, 0) is 24.2 Å². The molecule has 1 N–H and O–H groups in total. The van der Waals surface area contributed by atoms with Gasteiger partial charge < -0.3 is 15.1 Å². The maximum atomic E-state index is 13.5. The lowest BCUT2D eigenvalue weighted by molar-refractivity contribution is -0.158. The molecule has 0 aromatic heterocycles. The maximum absolute atomic E-state index is 13.5. The average Bonchev–Trinajstić information content (AvgIpc) is 2.80. The summed E-state index contributed by atoms with van der Waals surface area (Å²) in [4.78, 5) is 41.3. The summed E-state index contributed by atoms with van der Waals surface area (Å²) in [6.07, 6.45) is 5.50. The van der Waals surface area contributed by atoms with Gasteiger partial charge in [-0.15, -0.1) is 0 Å². The SMILES string of the molecule is CC[C@](C)(C(=O)NC1CCCCC1)N(C)C(=O)[C@H]1N2C(=O)C[C@@H]2S(=O)(=O)C1(C)C. The fourth-order valence-electron chi connectivity index (χ4n) is 4.79. The highest BCUT2D eigenvalue weighted by Crippen LogP contribution is 2.46. The predicted octanol–water partition coefficient (Wildman–Crippen LogP) is 1.20. The van der Waals surface area contributed by atoms with Crippen LogP contribution in [-0.4, -0.2) is 70.7 Å². The van der Waals surface area contributed by atoms with E-state index in [0.717, 1.165) is 25.7 Å². The zero-order valence-electron chi connectivity index (χ0n) is 18.0. The van der Waals surface area contributed by atoms with E-state index < -0.39 is 37.4 Å². The van der Waals surface area contributed by atoms with Crippen molar-refractivity contribution in [1.82, 2.24) is 15.1 Å². The molecule has 3 amide bonds. The van der Waals surface area contributed by atoms with Gasteiger partial charge in [-0.05, 0) is 40.0 Å². The molecule has 2 heterocycles. The molecule has 0 spiro atoms. The van der Waals surface area contributed by atoms with Crippen LogP contribution < -0.4 is 5.32 Å². The van der Waals surface area contributed by atoms with Crippen molar-refractivity contribution in [3.8, 4) is 0 Å². The molecule has 0 aromatic rings. The van der Waals surface area contributed by atoms with E-state index in [-0.39, 0.29) is 24.3 Å². The second kappa shape index (κ2) is 7.25. The molecule has 0 aromatic carbocycles. The lowest BCUT2D eigenvalue weighted by Gasteiger charge is -2.43. The van der Waals surface area contributed by atoms with Gasteiger partial charge >= 0.3 is 0 Å². The van der Waals surface area contributed by atoms with Crippen molar-refractivity contribution >= 4 is 27.6 Å². The van der Waals surface area contributed by atoms with Gasteiger partial charge in [-0.1, -0.05) is 26.2 Å². The molecular weight excluding hydrogens is 394 g/mol. The Labute approximate surface area is 173 Å². The van der Waals surface area contributed by atoms with Gasteiger partial charge in [-0.2, -0.15) is 0 Å². The number of fused-ring (bicyclic) bond motifs is 1. The minimum Gasteiger partial charge on any atom is -0.351 e. The van der Waals surface area contributed by atoms with Crippen LogP contribution >= 0.6 is 0 Å². The summed E-state index contributed by atoms with van der Waals surface area (Å²) >= 11 is 0. The number of carbonyl (C=O) groups excluding carboxylic acids is 3. The third-order valence-electron chi connectivity index (χ3n) is 7.40. The van der Waals surface area contributed by atoms with Crippen LogP contribution in [0.3, 0.4) is 0 Å². The van der Waals surface area contributed by atoms with Crippen molar-refractivity contribution < 1.29 is 22.8 Å². The summed E-state index contributed by atoms with van der Waals surface area (Å²) in [7, 11) is -2.13. The first-order valence-corrected chi connectivity index (χ1v) is 12.1. The molecular formula is C20H33N3O5S. The summed E-state index contributed by atoms with van der Waals surface area (Å²) in [6.45, 7) is 6.53. The molecule has 0 bridgehead atoms. The van der Waals surface area contributed by atoms with Gasteiger partial charge in [0.2, 0.25) is 17.7 Å². The Bertz CT molecular complexity index is 818.